The summed E-state index contributed by atoms with van der Waals surface area (Å²) >= 11 is 7.18. The number of carbonyl (C=O) groups is 1. The molecule has 0 radical (unpaired) electrons. The zero-order valence-corrected chi connectivity index (χ0v) is 10.7. The molecule has 1 fully saturated rings. The fourth-order valence-corrected chi connectivity index (χ4v) is 2.76. The number of carbonyl (C=O) groups excluding carboxylic acids is 1. The van der Waals surface area contributed by atoms with Crippen LogP contribution in [0.1, 0.15) is 35.1 Å². The number of halogens is 1. The summed E-state index contributed by atoms with van der Waals surface area (Å²) in [6.45, 7) is 3.46. The topological polar surface area (TPSA) is 46.1 Å². The summed E-state index contributed by atoms with van der Waals surface area (Å²) < 4.78 is 3.86. The standard InChI is InChI=1S/C10H14ClN3OS/c1-2-3-8-9(16-13-12-8)10(15)14-5-4-7(11)6-14/h7H,2-6H2,1H3. The third-order valence-corrected chi connectivity index (χ3v) is 3.77. The minimum atomic E-state index is 0.0431. The monoisotopic (exact) mass is 259 g/mol. The number of rotatable bonds is 3. The molecule has 1 aliphatic heterocycles. The van der Waals surface area contributed by atoms with Gasteiger partial charge in [-0.1, -0.05) is 17.8 Å². The van der Waals surface area contributed by atoms with Crippen molar-refractivity contribution in [2.75, 3.05) is 13.1 Å². The van der Waals surface area contributed by atoms with Gasteiger partial charge in [-0.05, 0) is 24.4 Å². The number of hydrogen-bond donors (Lipinski definition) is 0. The molecule has 0 N–H and O–H groups in total. The number of alkyl halides is 1. The molecular weight excluding hydrogens is 246 g/mol. The van der Waals surface area contributed by atoms with Crippen molar-refractivity contribution in [2.45, 2.75) is 31.6 Å². The molecule has 88 valence electrons. The van der Waals surface area contributed by atoms with Crippen molar-refractivity contribution in [3.63, 3.8) is 0 Å². The molecule has 0 saturated carbocycles. The van der Waals surface area contributed by atoms with Gasteiger partial charge in [0.15, 0.2) is 0 Å². The summed E-state index contributed by atoms with van der Waals surface area (Å²) in [6, 6.07) is 0. The first-order chi connectivity index (χ1) is 7.72. The van der Waals surface area contributed by atoms with Crippen molar-refractivity contribution in [2.24, 2.45) is 0 Å². The molecule has 0 aromatic carbocycles. The van der Waals surface area contributed by atoms with E-state index >= 15 is 0 Å². The Morgan fingerprint density at radius 2 is 2.50 bits per heavy atom. The van der Waals surface area contributed by atoms with Gasteiger partial charge < -0.3 is 4.90 Å². The lowest BCUT2D eigenvalue weighted by molar-refractivity contribution is 0.0796. The molecule has 1 amide bonds. The number of nitrogens with zero attached hydrogens (tertiary/aromatic N) is 3. The summed E-state index contributed by atoms with van der Waals surface area (Å²) in [5.41, 5.74) is 0.829. The highest BCUT2D eigenvalue weighted by molar-refractivity contribution is 7.08. The second kappa shape index (κ2) is 5.10. The Balaban J connectivity index is 2.11. The van der Waals surface area contributed by atoms with E-state index in [0.29, 0.717) is 11.4 Å². The zero-order chi connectivity index (χ0) is 11.5. The van der Waals surface area contributed by atoms with Gasteiger partial charge in [0.05, 0.1) is 11.1 Å². The number of likely N-dealkylation sites (tertiary alicyclic amines) is 1. The lowest BCUT2D eigenvalue weighted by Crippen LogP contribution is -2.28. The van der Waals surface area contributed by atoms with Crippen LogP contribution in [0.25, 0.3) is 0 Å². The highest BCUT2D eigenvalue weighted by Crippen LogP contribution is 2.21. The molecule has 1 saturated heterocycles. The van der Waals surface area contributed by atoms with E-state index in [2.05, 4.69) is 16.5 Å². The minimum absolute atomic E-state index is 0.0431. The van der Waals surface area contributed by atoms with Crippen LogP contribution < -0.4 is 0 Å². The van der Waals surface area contributed by atoms with Gasteiger partial charge in [-0.25, -0.2) is 0 Å². The van der Waals surface area contributed by atoms with Crippen LogP contribution >= 0.6 is 23.1 Å². The van der Waals surface area contributed by atoms with Crippen LogP contribution in [0.4, 0.5) is 0 Å². The number of amides is 1. The molecule has 2 heterocycles. The van der Waals surface area contributed by atoms with Crippen molar-refractivity contribution in [3.8, 4) is 0 Å². The predicted octanol–water partition coefficient (Wildman–Crippen LogP) is 1.94. The molecular formula is C10H14ClN3OS. The van der Waals surface area contributed by atoms with Gasteiger partial charge in [0.1, 0.15) is 4.88 Å². The fraction of sp³-hybridized carbons (Fsp3) is 0.700. The van der Waals surface area contributed by atoms with E-state index in [0.717, 1.165) is 31.5 Å². The molecule has 1 aromatic rings. The summed E-state index contributed by atoms with van der Waals surface area (Å²) in [5.74, 6) is 0.0431. The Morgan fingerprint density at radius 3 is 3.12 bits per heavy atom. The summed E-state index contributed by atoms with van der Waals surface area (Å²) in [7, 11) is 0. The first-order valence-corrected chi connectivity index (χ1v) is 6.68. The zero-order valence-electron chi connectivity index (χ0n) is 9.15. The van der Waals surface area contributed by atoms with Gasteiger partial charge in [-0.15, -0.1) is 16.7 Å². The molecule has 1 aromatic heterocycles. The van der Waals surface area contributed by atoms with Crippen LogP contribution in [0, 0.1) is 0 Å². The number of aromatic nitrogens is 2. The molecule has 6 heteroatoms. The van der Waals surface area contributed by atoms with Gasteiger partial charge in [0.2, 0.25) is 0 Å². The van der Waals surface area contributed by atoms with Crippen LogP contribution in [-0.2, 0) is 6.42 Å². The van der Waals surface area contributed by atoms with Crippen molar-refractivity contribution in [3.05, 3.63) is 10.6 Å². The van der Waals surface area contributed by atoms with E-state index in [1.165, 1.54) is 11.5 Å². The maximum absolute atomic E-state index is 12.1. The maximum Gasteiger partial charge on any atom is 0.267 e. The van der Waals surface area contributed by atoms with Crippen molar-refractivity contribution >= 4 is 29.0 Å². The van der Waals surface area contributed by atoms with E-state index in [1.54, 1.807) is 4.90 Å². The highest BCUT2D eigenvalue weighted by Gasteiger charge is 2.28. The molecule has 1 unspecified atom stereocenters. The van der Waals surface area contributed by atoms with Crippen LogP contribution in [-0.4, -0.2) is 38.9 Å². The Labute approximate surface area is 104 Å². The number of aryl methyl sites for hydroxylation is 1. The average molecular weight is 260 g/mol. The van der Waals surface area contributed by atoms with Gasteiger partial charge in [-0.2, -0.15) is 0 Å². The average Bonchev–Trinajstić information content (AvgIpc) is 2.87. The predicted molar refractivity (Wildman–Crippen MR) is 64.1 cm³/mol. The second-order valence-electron chi connectivity index (χ2n) is 3.94. The van der Waals surface area contributed by atoms with Crippen molar-refractivity contribution < 1.29 is 4.79 Å². The van der Waals surface area contributed by atoms with Gasteiger partial charge in [-0.3, -0.25) is 4.79 Å². The van der Waals surface area contributed by atoms with Gasteiger partial charge >= 0.3 is 0 Å². The summed E-state index contributed by atoms with van der Waals surface area (Å²) in [6.07, 6.45) is 2.67. The van der Waals surface area contributed by atoms with E-state index in [-0.39, 0.29) is 11.3 Å². The fourth-order valence-electron chi connectivity index (χ4n) is 1.82. The third kappa shape index (κ3) is 2.35. The van der Waals surface area contributed by atoms with Crippen LogP contribution in [0.5, 0.6) is 0 Å². The first kappa shape index (κ1) is 11.8. The van der Waals surface area contributed by atoms with Crippen LogP contribution in [0.3, 0.4) is 0 Å². The van der Waals surface area contributed by atoms with Crippen molar-refractivity contribution in [1.82, 2.24) is 14.5 Å². The normalized spacial score (nSPS) is 20.4. The van der Waals surface area contributed by atoms with E-state index in [9.17, 15) is 4.79 Å². The molecule has 4 nitrogen and oxygen atoms in total. The van der Waals surface area contributed by atoms with E-state index in [4.69, 9.17) is 11.6 Å². The molecule has 1 aliphatic rings. The summed E-state index contributed by atoms with van der Waals surface area (Å²) in [5, 5.41) is 4.10. The molecule has 1 atom stereocenters. The molecule has 2 rings (SSSR count). The Bertz CT molecular complexity index is 382. The molecule has 0 aliphatic carbocycles. The first-order valence-electron chi connectivity index (χ1n) is 5.47. The second-order valence-corrected chi connectivity index (χ2v) is 5.31. The summed E-state index contributed by atoms with van der Waals surface area (Å²) in [4.78, 5) is 14.6. The lowest BCUT2D eigenvalue weighted by Gasteiger charge is -2.14. The quantitative estimate of drug-likeness (QED) is 0.780. The lowest BCUT2D eigenvalue weighted by atomic mass is 10.2. The molecule has 0 bridgehead atoms. The smallest absolute Gasteiger partial charge is 0.267 e. The SMILES string of the molecule is CCCc1nnsc1C(=O)N1CCC(Cl)C1. The van der Waals surface area contributed by atoms with Crippen LogP contribution in [0.2, 0.25) is 0 Å². The Hall–Kier alpha value is -0.680. The Morgan fingerprint density at radius 1 is 1.69 bits per heavy atom. The van der Waals surface area contributed by atoms with E-state index in [1.807, 2.05) is 0 Å². The van der Waals surface area contributed by atoms with Crippen LogP contribution in [0.15, 0.2) is 0 Å². The maximum atomic E-state index is 12.1. The number of hydrogen-bond acceptors (Lipinski definition) is 4. The molecule has 0 spiro atoms. The van der Waals surface area contributed by atoms with Crippen molar-refractivity contribution in [1.29, 1.82) is 0 Å². The minimum Gasteiger partial charge on any atom is -0.336 e. The largest absolute Gasteiger partial charge is 0.336 e. The highest BCUT2D eigenvalue weighted by atomic mass is 35.5. The van der Waals surface area contributed by atoms with E-state index < -0.39 is 0 Å². The van der Waals surface area contributed by atoms with Gasteiger partial charge in [0, 0.05) is 13.1 Å². The Kier molecular flexibility index (Phi) is 3.76. The third-order valence-electron chi connectivity index (χ3n) is 2.65. The molecule has 16 heavy (non-hydrogen) atoms. The van der Waals surface area contributed by atoms with Gasteiger partial charge in [0.25, 0.3) is 5.91 Å².